The predicted octanol–water partition coefficient (Wildman–Crippen LogP) is 2.89. The van der Waals surface area contributed by atoms with Crippen molar-refractivity contribution in [3.63, 3.8) is 0 Å². The van der Waals surface area contributed by atoms with Gasteiger partial charge in [0.2, 0.25) is 0 Å². The van der Waals surface area contributed by atoms with Crippen LogP contribution in [0.2, 0.25) is 0 Å². The summed E-state index contributed by atoms with van der Waals surface area (Å²) >= 11 is 0. The zero-order valence-corrected chi connectivity index (χ0v) is 9.84. The molecule has 1 N–H and O–H groups in total. The first-order valence-corrected chi connectivity index (χ1v) is 6.17. The molecule has 1 aliphatic rings. The molecule has 0 aromatic heterocycles. The molecule has 1 nitrogen and oxygen atoms in total. The minimum Gasteiger partial charge on any atom is -0.316 e. The van der Waals surface area contributed by atoms with E-state index in [4.69, 9.17) is 0 Å². The van der Waals surface area contributed by atoms with Crippen molar-refractivity contribution in [2.75, 3.05) is 13.1 Å². The van der Waals surface area contributed by atoms with Crippen molar-refractivity contribution in [1.29, 1.82) is 0 Å². The van der Waals surface area contributed by atoms with Crippen LogP contribution in [0.3, 0.4) is 0 Å². The molecule has 2 rings (SSSR count). The largest absolute Gasteiger partial charge is 0.316 e. The minimum absolute atomic E-state index is 0.751. The average molecular weight is 203 g/mol. The number of rotatable bonds is 3. The highest BCUT2D eigenvalue weighted by Gasteiger charge is 2.16. The van der Waals surface area contributed by atoms with E-state index in [0.29, 0.717) is 0 Å². The van der Waals surface area contributed by atoms with Crippen LogP contribution in [0.15, 0.2) is 18.2 Å². The molecular weight excluding hydrogens is 182 g/mol. The quantitative estimate of drug-likeness (QED) is 0.796. The molecule has 1 aromatic rings. The van der Waals surface area contributed by atoms with E-state index < -0.39 is 0 Å². The summed E-state index contributed by atoms with van der Waals surface area (Å²) in [5.41, 5.74) is 4.60. The number of hydrogen-bond donors (Lipinski definition) is 1. The lowest BCUT2D eigenvalue weighted by molar-refractivity contribution is 0.760. The van der Waals surface area contributed by atoms with Crippen LogP contribution in [0.5, 0.6) is 0 Å². The number of benzene rings is 1. The minimum atomic E-state index is 0.751. The van der Waals surface area contributed by atoms with E-state index in [2.05, 4.69) is 37.4 Å². The zero-order chi connectivity index (χ0) is 10.7. The highest BCUT2D eigenvalue weighted by molar-refractivity contribution is 5.34. The van der Waals surface area contributed by atoms with Crippen LogP contribution in [-0.4, -0.2) is 13.1 Å². The van der Waals surface area contributed by atoms with E-state index in [1.165, 1.54) is 24.1 Å². The molecule has 1 fully saturated rings. The molecule has 0 amide bonds. The fourth-order valence-corrected chi connectivity index (χ4v) is 2.51. The van der Waals surface area contributed by atoms with E-state index in [0.717, 1.165) is 25.3 Å². The van der Waals surface area contributed by atoms with Gasteiger partial charge in [0.05, 0.1) is 0 Å². The molecule has 1 saturated heterocycles. The van der Waals surface area contributed by atoms with Crippen LogP contribution in [0, 0.1) is 0 Å². The molecule has 0 aliphatic carbocycles. The highest BCUT2D eigenvalue weighted by Crippen LogP contribution is 2.25. The molecule has 15 heavy (non-hydrogen) atoms. The summed E-state index contributed by atoms with van der Waals surface area (Å²) in [5, 5.41) is 3.44. The standard InChI is InChI=1S/C14H21N/c1-3-11-5-6-13(9-12(11)4-2)14-7-8-15-10-14/h5-6,9,14-15H,3-4,7-8,10H2,1-2H3. The van der Waals surface area contributed by atoms with E-state index >= 15 is 0 Å². The lowest BCUT2D eigenvalue weighted by Gasteiger charge is -2.13. The third-order valence-corrected chi connectivity index (χ3v) is 3.52. The molecular formula is C14H21N. The third-order valence-electron chi connectivity index (χ3n) is 3.52. The first-order chi connectivity index (χ1) is 7.35. The summed E-state index contributed by atoms with van der Waals surface area (Å²) in [6.07, 6.45) is 3.62. The van der Waals surface area contributed by atoms with Crippen molar-refractivity contribution in [2.24, 2.45) is 0 Å². The smallest absolute Gasteiger partial charge is 0.00206 e. The maximum atomic E-state index is 3.44. The summed E-state index contributed by atoms with van der Waals surface area (Å²) < 4.78 is 0. The van der Waals surface area contributed by atoms with Gasteiger partial charge in [-0.05, 0) is 48.4 Å². The molecule has 1 aliphatic heterocycles. The molecule has 82 valence electrons. The van der Waals surface area contributed by atoms with Gasteiger partial charge in [0.15, 0.2) is 0 Å². The van der Waals surface area contributed by atoms with Gasteiger partial charge in [0.1, 0.15) is 0 Å². The fraction of sp³-hybridized carbons (Fsp3) is 0.571. The number of aryl methyl sites for hydroxylation is 2. The Bertz CT molecular complexity index is 324. The SMILES string of the molecule is CCc1ccc(C2CCNC2)cc1CC. The Balaban J connectivity index is 2.25. The molecule has 1 aromatic carbocycles. The zero-order valence-electron chi connectivity index (χ0n) is 9.84. The van der Waals surface area contributed by atoms with Crippen LogP contribution in [-0.2, 0) is 12.8 Å². The average Bonchev–Trinajstić information content (AvgIpc) is 2.81. The Morgan fingerprint density at radius 3 is 2.60 bits per heavy atom. The Kier molecular flexibility index (Phi) is 3.42. The van der Waals surface area contributed by atoms with Gasteiger partial charge in [-0.25, -0.2) is 0 Å². The van der Waals surface area contributed by atoms with Crippen LogP contribution in [0.25, 0.3) is 0 Å². The van der Waals surface area contributed by atoms with Crippen LogP contribution >= 0.6 is 0 Å². The van der Waals surface area contributed by atoms with Crippen LogP contribution < -0.4 is 5.32 Å². The lowest BCUT2D eigenvalue weighted by Crippen LogP contribution is -2.08. The van der Waals surface area contributed by atoms with Gasteiger partial charge in [-0.15, -0.1) is 0 Å². The van der Waals surface area contributed by atoms with Crippen molar-refractivity contribution in [1.82, 2.24) is 5.32 Å². The fourth-order valence-electron chi connectivity index (χ4n) is 2.51. The predicted molar refractivity (Wildman–Crippen MR) is 65.4 cm³/mol. The Labute approximate surface area is 92.9 Å². The van der Waals surface area contributed by atoms with Gasteiger partial charge in [-0.1, -0.05) is 32.0 Å². The molecule has 0 saturated carbocycles. The molecule has 0 spiro atoms. The van der Waals surface area contributed by atoms with Gasteiger partial charge < -0.3 is 5.32 Å². The summed E-state index contributed by atoms with van der Waals surface area (Å²) in [4.78, 5) is 0. The highest BCUT2D eigenvalue weighted by atomic mass is 14.9. The normalized spacial score (nSPS) is 20.8. The van der Waals surface area contributed by atoms with E-state index in [1.54, 1.807) is 5.56 Å². The van der Waals surface area contributed by atoms with E-state index in [-0.39, 0.29) is 0 Å². The molecule has 0 radical (unpaired) electrons. The van der Waals surface area contributed by atoms with Gasteiger partial charge in [-0.3, -0.25) is 0 Å². The van der Waals surface area contributed by atoms with Gasteiger partial charge in [-0.2, -0.15) is 0 Å². The van der Waals surface area contributed by atoms with E-state index in [9.17, 15) is 0 Å². The molecule has 1 heteroatoms. The Hall–Kier alpha value is -0.820. The van der Waals surface area contributed by atoms with Gasteiger partial charge in [0.25, 0.3) is 0 Å². The van der Waals surface area contributed by atoms with Crippen LogP contribution in [0.1, 0.15) is 42.9 Å². The first-order valence-electron chi connectivity index (χ1n) is 6.17. The third kappa shape index (κ3) is 2.23. The van der Waals surface area contributed by atoms with Crippen molar-refractivity contribution < 1.29 is 0 Å². The molecule has 1 heterocycles. The van der Waals surface area contributed by atoms with Gasteiger partial charge in [0, 0.05) is 6.54 Å². The Morgan fingerprint density at radius 2 is 2.00 bits per heavy atom. The maximum absolute atomic E-state index is 3.44. The summed E-state index contributed by atoms with van der Waals surface area (Å²) in [6.45, 7) is 6.84. The topological polar surface area (TPSA) is 12.0 Å². The van der Waals surface area contributed by atoms with Crippen molar-refractivity contribution >= 4 is 0 Å². The van der Waals surface area contributed by atoms with Crippen molar-refractivity contribution in [3.8, 4) is 0 Å². The lowest BCUT2D eigenvalue weighted by atomic mass is 9.92. The maximum Gasteiger partial charge on any atom is 0.00206 e. The second-order valence-electron chi connectivity index (χ2n) is 4.42. The van der Waals surface area contributed by atoms with Crippen molar-refractivity contribution in [2.45, 2.75) is 39.0 Å². The van der Waals surface area contributed by atoms with Crippen LogP contribution in [0.4, 0.5) is 0 Å². The second-order valence-corrected chi connectivity index (χ2v) is 4.42. The first kappa shape index (κ1) is 10.7. The van der Waals surface area contributed by atoms with E-state index in [1.807, 2.05) is 0 Å². The Morgan fingerprint density at radius 1 is 1.20 bits per heavy atom. The number of hydrogen-bond acceptors (Lipinski definition) is 1. The summed E-state index contributed by atoms with van der Waals surface area (Å²) in [5.74, 6) is 0.751. The monoisotopic (exact) mass is 203 g/mol. The van der Waals surface area contributed by atoms with Crippen molar-refractivity contribution in [3.05, 3.63) is 34.9 Å². The summed E-state index contributed by atoms with van der Waals surface area (Å²) in [6, 6.07) is 7.08. The molecule has 1 atom stereocenters. The summed E-state index contributed by atoms with van der Waals surface area (Å²) in [7, 11) is 0. The second kappa shape index (κ2) is 4.80. The molecule has 1 unspecified atom stereocenters. The van der Waals surface area contributed by atoms with Gasteiger partial charge >= 0.3 is 0 Å². The molecule has 0 bridgehead atoms. The number of nitrogens with one attached hydrogen (secondary N) is 1.